The summed E-state index contributed by atoms with van der Waals surface area (Å²) in [6, 6.07) is 15.2. The van der Waals surface area contributed by atoms with Crippen molar-refractivity contribution in [2.45, 2.75) is 32.0 Å². The van der Waals surface area contributed by atoms with Crippen LogP contribution < -0.4 is 5.32 Å². The van der Waals surface area contributed by atoms with E-state index in [1.807, 2.05) is 29.2 Å². The summed E-state index contributed by atoms with van der Waals surface area (Å²) in [4.78, 5) is 16.5. The molecule has 3 aromatic rings. The van der Waals surface area contributed by atoms with Crippen LogP contribution in [0.3, 0.4) is 0 Å². The van der Waals surface area contributed by atoms with Crippen LogP contribution in [0.15, 0.2) is 54.9 Å². The van der Waals surface area contributed by atoms with Crippen LogP contribution in [0.2, 0.25) is 0 Å². The number of thiophene rings is 1. The number of rotatable bonds is 6. The first-order chi connectivity index (χ1) is 13.2. The number of amides is 1. The number of aromatic nitrogens is 2. The molecule has 1 aliphatic heterocycles. The van der Waals surface area contributed by atoms with Crippen LogP contribution >= 0.6 is 11.3 Å². The van der Waals surface area contributed by atoms with Crippen LogP contribution in [-0.4, -0.2) is 34.2 Å². The highest BCUT2D eigenvalue weighted by atomic mass is 32.1. The molecule has 140 valence electrons. The number of nitrogens with zero attached hydrogens (tertiary/aromatic N) is 3. The van der Waals surface area contributed by atoms with Gasteiger partial charge in [-0.3, -0.25) is 14.4 Å². The van der Waals surface area contributed by atoms with Gasteiger partial charge in [0.25, 0.3) is 5.91 Å². The van der Waals surface area contributed by atoms with E-state index in [1.165, 1.54) is 22.4 Å². The van der Waals surface area contributed by atoms with Crippen molar-refractivity contribution in [2.24, 2.45) is 0 Å². The van der Waals surface area contributed by atoms with Crippen molar-refractivity contribution < 1.29 is 4.79 Å². The molecule has 1 N–H and O–H groups in total. The Morgan fingerprint density at radius 3 is 2.85 bits per heavy atom. The molecule has 0 radical (unpaired) electrons. The van der Waals surface area contributed by atoms with Crippen molar-refractivity contribution in [2.75, 3.05) is 13.6 Å². The highest BCUT2D eigenvalue weighted by molar-refractivity contribution is 7.14. The zero-order valence-corrected chi connectivity index (χ0v) is 16.3. The van der Waals surface area contributed by atoms with Gasteiger partial charge in [0.05, 0.1) is 11.4 Å². The lowest BCUT2D eigenvalue weighted by molar-refractivity contribution is 0.0967. The predicted octanol–water partition coefficient (Wildman–Crippen LogP) is 3.69. The van der Waals surface area contributed by atoms with Gasteiger partial charge in [0.1, 0.15) is 0 Å². The molecule has 2 aromatic heterocycles. The van der Waals surface area contributed by atoms with Gasteiger partial charge < -0.3 is 5.32 Å². The SMILES string of the molecule is CNC(=O)c1ccc([C@@H]2CCCN2Cc2cccc(Cn3cccn3)c2)s1. The first-order valence-electron chi connectivity index (χ1n) is 9.34. The molecule has 0 spiro atoms. The van der Waals surface area contributed by atoms with Gasteiger partial charge in [-0.2, -0.15) is 5.10 Å². The Kier molecular flexibility index (Phi) is 5.36. The van der Waals surface area contributed by atoms with Crippen molar-refractivity contribution in [3.8, 4) is 0 Å². The zero-order valence-electron chi connectivity index (χ0n) is 15.5. The lowest BCUT2D eigenvalue weighted by Gasteiger charge is -2.24. The average molecular weight is 381 g/mol. The van der Waals surface area contributed by atoms with Crippen molar-refractivity contribution in [3.63, 3.8) is 0 Å². The summed E-state index contributed by atoms with van der Waals surface area (Å²) in [5, 5.41) is 7.01. The molecule has 4 rings (SSSR count). The standard InChI is InChI=1S/C21H24N4OS/c1-22-21(26)20-9-8-19(27-20)18-7-3-11-24(18)14-16-5-2-6-17(13-16)15-25-12-4-10-23-25/h2,4-6,8-10,12-13,18H,3,7,11,14-15H2,1H3,(H,22,26)/t18-/m0/s1. The molecular weight excluding hydrogens is 356 g/mol. The van der Waals surface area contributed by atoms with Crippen molar-refractivity contribution in [3.05, 3.63) is 75.7 Å². The Morgan fingerprint density at radius 1 is 1.22 bits per heavy atom. The summed E-state index contributed by atoms with van der Waals surface area (Å²) in [5.41, 5.74) is 2.60. The number of hydrogen-bond donors (Lipinski definition) is 1. The maximum atomic E-state index is 11.9. The molecule has 1 amide bonds. The van der Waals surface area contributed by atoms with Gasteiger partial charge in [0.15, 0.2) is 0 Å². The molecule has 0 aliphatic carbocycles. The second kappa shape index (κ2) is 8.06. The molecule has 6 heteroatoms. The summed E-state index contributed by atoms with van der Waals surface area (Å²) in [5.74, 6) is 0.00196. The first kappa shape index (κ1) is 17.9. The Balaban J connectivity index is 1.47. The number of hydrogen-bond acceptors (Lipinski definition) is 4. The highest BCUT2D eigenvalue weighted by Crippen LogP contribution is 2.36. The minimum Gasteiger partial charge on any atom is -0.354 e. The number of nitrogens with one attached hydrogen (secondary N) is 1. The Hall–Kier alpha value is -2.44. The quantitative estimate of drug-likeness (QED) is 0.710. The van der Waals surface area contributed by atoms with E-state index in [-0.39, 0.29) is 5.91 Å². The highest BCUT2D eigenvalue weighted by Gasteiger charge is 2.27. The molecule has 0 unspecified atom stereocenters. The fourth-order valence-electron chi connectivity index (χ4n) is 3.76. The third-order valence-electron chi connectivity index (χ3n) is 5.05. The first-order valence-corrected chi connectivity index (χ1v) is 10.2. The molecule has 1 aliphatic rings. The lowest BCUT2D eigenvalue weighted by Crippen LogP contribution is -2.22. The number of benzene rings is 1. The van der Waals surface area contributed by atoms with Crippen molar-refractivity contribution in [1.29, 1.82) is 0 Å². The van der Waals surface area contributed by atoms with Gasteiger partial charge >= 0.3 is 0 Å². The number of likely N-dealkylation sites (tertiary alicyclic amines) is 1. The molecule has 0 bridgehead atoms. The van der Waals surface area contributed by atoms with E-state index in [4.69, 9.17) is 0 Å². The third-order valence-corrected chi connectivity index (χ3v) is 6.24. The van der Waals surface area contributed by atoms with Gasteiger partial charge in [0, 0.05) is 36.9 Å². The molecule has 3 heterocycles. The Bertz CT molecular complexity index is 903. The third kappa shape index (κ3) is 4.12. The maximum absolute atomic E-state index is 11.9. The minimum atomic E-state index is 0.00196. The average Bonchev–Trinajstić information content (AvgIpc) is 3.43. The van der Waals surface area contributed by atoms with E-state index in [2.05, 4.69) is 45.6 Å². The van der Waals surface area contributed by atoms with Gasteiger partial charge in [-0.25, -0.2) is 0 Å². The summed E-state index contributed by atoms with van der Waals surface area (Å²) in [7, 11) is 1.68. The van der Waals surface area contributed by atoms with Crippen LogP contribution in [0.1, 0.15) is 44.6 Å². The van der Waals surface area contributed by atoms with Crippen LogP contribution in [0, 0.1) is 0 Å². The van der Waals surface area contributed by atoms with E-state index in [0.29, 0.717) is 6.04 Å². The van der Waals surface area contributed by atoms with E-state index < -0.39 is 0 Å². The summed E-state index contributed by atoms with van der Waals surface area (Å²) in [6.45, 7) is 2.83. The second-order valence-corrected chi connectivity index (χ2v) is 8.05. The molecule has 27 heavy (non-hydrogen) atoms. The van der Waals surface area contributed by atoms with E-state index in [0.717, 1.165) is 30.9 Å². The van der Waals surface area contributed by atoms with Gasteiger partial charge in [-0.05, 0) is 48.7 Å². The summed E-state index contributed by atoms with van der Waals surface area (Å²) < 4.78 is 1.95. The van der Waals surface area contributed by atoms with E-state index in [9.17, 15) is 4.79 Å². The minimum absolute atomic E-state index is 0.00196. The monoisotopic (exact) mass is 380 g/mol. The largest absolute Gasteiger partial charge is 0.354 e. The molecule has 1 saturated heterocycles. The lowest BCUT2D eigenvalue weighted by atomic mass is 10.1. The van der Waals surface area contributed by atoms with E-state index >= 15 is 0 Å². The number of carbonyl (C=O) groups excluding carboxylic acids is 1. The Labute approximate surface area is 163 Å². The van der Waals surface area contributed by atoms with Crippen LogP contribution in [-0.2, 0) is 13.1 Å². The fraction of sp³-hybridized carbons (Fsp3) is 0.333. The topological polar surface area (TPSA) is 50.2 Å². The molecular formula is C21H24N4OS. The van der Waals surface area contributed by atoms with Crippen LogP contribution in [0.25, 0.3) is 0 Å². The Morgan fingerprint density at radius 2 is 2.07 bits per heavy atom. The fourth-order valence-corrected chi connectivity index (χ4v) is 4.88. The second-order valence-electron chi connectivity index (χ2n) is 6.93. The molecule has 1 aromatic carbocycles. The summed E-state index contributed by atoms with van der Waals surface area (Å²) in [6.07, 6.45) is 6.16. The van der Waals surface area contributed by atoms with Crippen molar-refractivity contribution in [1.82, 2.24) is 20.0 Å². The molecule has 5 nitrogen and oxygen atoms in total. The van der Waals surface area contributed by atoms with Crippen LogP contribution in [0.4, 0.5) is 0 Å². The summed E-state index contributed by atoms with van der Waals surface area (Å²) >= 11 is 1.62. The van der Waals surface area contributed by atoms with Gasteiger partial charge in [-0.15, -0.1) is 11.3 Å². The number of carbonyl (C=O) groups is 1. The zero-order chi connectivity index (χ0) is 18.6. The molecule has 0 saturated carbocycles. The van der Waals surface area contributed by atoms with Crippen molar-refractivity contribution >= 4 is 17.2 Å². The van der Waals surface area contributed by atoms with Gasteiger partial charge in [-0.1, -0.05) is 24.3 Å². The van der Waals surface area contributed by atoms with Crippen LogP contribution in [0.5, 0.6) is 0 Å². The predicted molar refractivity (Wildman–Crippen MR) is 108 cm³/mol. The maximum Gasteiger partial charge on any atom is 0.261 e. The molecule has 1 atom stereocenters. The molecule has 1 fully saturated rings. The van der Waals surface area contributed by atoms with Gasteiger partial charge in [0.2, 0.25) is 0 Å². The smallest absolute Gasteiger partial charge is 0.261 e. The normalized spacial score (nSPS) is 17.3. The van der Waals surface area contributed by atoms with E-state index in [1.54, 1.807) is 18.4 Å².